The van der Waals surface area contributed by atoms with Gasteiger partial charge in [-0.25, -0.2) is 9.78 Å². The highest BCUT2D eigenvalue weighted by Crippen LogP contribution is 2.42. The van der Waals surface area contributed by atoms with Gasteiger partial charge in [-0.1, -0.05) is 129 Å². The van der Waals surface area contributed by atoms with Crippen LogP contribution in [-0.2, 0) is 19.9 Å². The van der Waals surface area contributed by atoms with Gasteiger partial charge in [0.2, 0.25) is 11.8 Å². The minimum absolute atomic E-state index is 0.105. The second-order valence-electron chi connectivity index (χ2n) is 16.1. The minimum Gasteiger partial charge on any atom is -0.448 e. The van der Waals surface area contributed by atoms with Crippen LogP contribution in [-0.4, -0.2) is 79.0 Å². The van der Waals surface area contributed by atoms with E-state index >= 15 is 0 Å². The molecule has 0 aliphatic heterocycles. The monoisotopic (exact) mass is 798 g/mol. The van der Waals surface area contributed by atoms with Crippen molar-refractivity contribution in [1.29, 1.82) is 0 Å². The molecule has 3 amide bonds. The van der Waals surface area contributed by atoms with Gasteiger partial charge in [0, 0.05) is 25.1 Å². The average molecular weight is 799 g/mol. The van der Waals surface area contributed by atoms with Crippen molar-refractivity contribution in [3.8, 4) is 0 Å². The zero-order chi connectivity index (χ0) is 41.4. The molecule has 12 nitrogen and oxygen atoms in total. The zero-order valence-corrected chi connectivity index (χ0v) is 33.2. The predicted molar refractivity (Wildman–Crippen MR) is 223 cm³/mol. The maximum Gasteiger partial charge on any atom is 0.410 e. The molecule has 0 saturated heterocycles. The molecule has 6 N–H and O–H groups in total. The van der Waals surface area contributed by atoms with E-state index in [2.05, 4.69) is 41.4 Å². The van der Waals surface area contributed by atoms with Gasteiger partial charge in [-0.05, 0) is 59.4 Å². The quantitative estimate of drug-likeness (QED) is 0.0794. The number of carbonyl (C=O) groups is 3. The number of nitrogens with two attached hydrogens (primary N) is 2. The number of pyridine rings is 1. The van der Waals surface area contributed by atoms with Crippen LogP contribution in [0.5, 0.6) is 0 Å². The van der Waals surface area contributed by atoms with E-state index in [1.54, 1.807) is 30.9 Å². The fourth-order valence-electron chi connectivity index (χ4n) is 8.88. The molecule has 0 bridgehead atoms. The Morgan fingerprint density at radius 1 is 0.780 bits per heavy atom. The number of benzene rings is 3. The summed E-state index contributed by atoms with van der Waals surface area (Å²) in [5.74, 6) is -3.55. The first kappa shape index (κ1) is 41.3. The molecule has 7 rings (SSSR count). The first-order chi connectivity index (χ1) is 28.7. The number of carbonyl (C=O) groups excluding carboxylic acids is 3. The number of nitrogens with zero attached hydrogens (tertiary/aromatic N) is 4. The Labute approximate surface area is 345 Å². The minimum atomic E-state index is -1.34. The van der Waals surface area contributed by atoms with Gasteiger partial charge in [-0.15, -0.1) is 0 Å². The first-order valence-corrected chi connectivity index (χ1v) is 20.7. The van der Waals surface area contributed by atoms with Gasteiger partial charge in [0.05, 0.1) is 36.0 Å². The van der Waals surface area contributed by atoms with E-state index in [1.165, 1.54) is 11.1 Å². The van der Waals surface area contributed by atoms with Crippen molar-refractivity contribution < 1.29 is 29.3 Å². The first-order valence-electron chi connectivity index (χ1n) is 20.7. The SMILES string of the molecule is NC(=O)C(COC(=O)N(CC(C(N)=O)c1cn(C(c2ccccc2)(c2ccccc2)c2ccccc2)cn1)[C@@H](CC1CCCCC1)[C@@H](O)[C@@H](O)C1CC1)c1cccnc1. The third-order valence-corrected chi connectivity index (χ3v) is 12.2. The molecule has 2 heterocycles. The van der Waals surface area contributed by atoms with E-state index in [0.29, 0.717) is 17.7 Å². The van der Waals surface area contributed by atoms with Crippen molar-refractivity contribution in [3.05, 3.63) is 156 Å². The highest BCUT2D eigenvalue weighted by molar-refractivity contribution is 5.83. The van der Waals surface area contributed by atoms with Gasteiger partial charge in [-0.3, -0.25) is 14.6 Å². The Morgan fingerprint density at radius 3 is 1.86 bits per heavy atom. The second-order valence-corrected chi connectivity index (χ2v) is 16.1. The molecule has 59 heavy (non-hydrogen) atoms. The summed E-state index contributed by atoms with van der Waals surface area (Å²) in [5, 5.41) is 23.4. The van der Waals surface area contributed by atoms with Crippen LogP contribution < -0.4 is 11.5 Å². The van der Waals surface area contributed by atoms with Gasteiger partial charge in [-0.2, -0.15) is 0 Å². The van der Waals surface area contributed by atoms with Gasteiger partial charge >= 0.3 is 6.09 Å². The molecule has 308 valence electrons. The highest BCUT2D eigenvalue weighted by Gasteiger charge is 2.45. The van der Waals surface area contributed by atoms with E-state index in [0.717, 1.165) is 61.6 Å². The lowest BCUT2D eigenvalue weighted by atomic mass is 9.76. The van der Waals surface area contributed by atoms with Crippen molar-refractivity contribution in [2.45, 2.75) is 87.0 Å². The third-order valence-electron chi connectivity index (χ3n) is 12.2. The number of primary amides is 2. The predicted octanol–water partition coefficient (Wildman–Crippen LogP) is 5.87. The lowest BCUT2D eigenvalue weighted by Gasteiger charge is -2.40. The summed E-state index contributed by atoms with van der Waals surface area (Å²) < 4.78 is 7.87. The van der Waals surface area contributed by atoms with Gasteiger partial charge in [0.1, 0.15) is 18.2 Å². The number of hydrogen-bond donors (Lipinski definition) is 4. The van der Waals surface area contributed by atoms with Gasteiger partial charge < -0.3 is 35.9 Å². The molecule has 12 heteroatoms. The number of amides is 3. The summed E-state index contributed by atoms with van der Waals surface area (Å²) in [6.07, 6.45) is 10.1. The Kier molecular flexibility index (Phi) is 13.2. The Bertz CT molecular complexity index is 2030. The van der Waals surface area contributed by atoms with Crippen molar-refractivity contribution in [3.63, 3.8) is 0 Å². The molecule has 2 unspecified atom stereocenters. The molecule has 2 aromatic heterocycles. The number of aromatic nitrogens is 3. The average Bonchev–Trinajstić information content (AvgIpc) is 4.01. The summed E-state index contributed by atoms with van der Waals surface area (Å²) >= 11 is 0. The number of aliphatic hydroxyl groups is 2. The van der Waals surface area contributed by atoms with Gasteiger partial charge in [0.15, 0.2) is 0 Å². The second kappa shape index (κ2) is 18.8. The lowest BCUT2D eigenvalue weighted by molar-refractivity contribution is -0.120. The molecule has 3 aromatic carbocycles. The Hall–Kier alpha value is -5.85. The van der Waals surface area contributed by atoms with Crippen LogP contribution in [0.4, 0.5) is 4.79 Å². The Morgan fingerprint density at radius 2 is 1.36 bits per heavy atom. The van der Waals surface area contributed by atoms with E-state index in [1.807, 2.05) is 59.2 Å². The number of rotatable bonds is 18. The van der Waals surface area contributed by atoms with Crippen LogP contribution in [0.15, 0.2) is 128 Å². The molecule has 2 aliphatic carbocycles. The fourth-order valence-corrected chi connectivity index (χ4v) is 8.88. The van der Waals surface area contributed by atoms with Crippen LogP contribution in [0.25, 0.3) is 0 Å². The van der Waals surface area contributed by atoms with Crippen LogP contribution in [0.1, 0.15) is 91.2 Å². The number of aliphatic hydroxyl groups excluding tert-OH is 2. The van der Waals surface area contributed by atoms with Crippen LogP contribution in [0.2, 0.25) is 0 Å². The van der Waals surface area contributed by atoms with Crippen LogP contribution >= 0.6 is 0 Å². The fraction of sp³-hybridized carbons (Fsp3) is 0.383. The maximum absolute atomic E-state index is 14.6. The smallest absolute Gasteiger partial charge is 0.410 e. The lowest BCUT2D eigenvalue weighted by Crippen LogP contribution is -2.54. The molecule has 2 saturated carbocycles. The molecular weight excluding hydrogens is 745 g/mol. The van der Waals surface area contributed by atoms with E-state index < -0.39 is 60.1 Å². The van der Waals surface area contributed by atoms with E-state index in [-0.39, 0.29) is 18.4 Å². The molecular formula is C47H54N6O6. The molecule has 0 radical (unpaired) electrons. The molecule has 2 aliphatic rings. The number of imidazole rings is 1. The number of hydrogen-bond acceptors (Lipinski definition) is 8. The van der Waals surface area contributed by atoms with Crippen molar-refractivity contribution in [2.24, 2.45) is 23.3 Å². The van der Waals surface area contributed by atoms with Crippen LogP contribution in [0, 0.1) is 11.8 Å². The topological polar surface area (TPSA) is 187 Å². The summed E-state index contributed by atoms with van der Waals surface area (Å²) in [6.45, 7) is -0.711. The van der Waals surface area contributed by atoms with Crippen molar-refractivity contribution in [2.75, 3.05) is 13.2 Å². The maximum atomic E-state index is 14.6. The summed E-state index contributed by atoms with van der Waals surface area (Å²) in [7, 11) is 0. The normalized spacial score (nSPS) is 17.3. The molecule has 5 aromatic rings. The third kappa shape index (κ3) is 9.24. The largest absolute Gasteiger partial charge is 0.448 e. The highest BCUT2D eigenvalue weighted by atomic mass is 16.6. The van der Waals surface area contributed by atoms with E-state index in [9.17, 15) is 24.6 Å². The summed E-state index contributed by atoms with van der Waals surface area (Å²) in [5.41, 5.74) is 14.7. The molecule has 2 fully saturated rings. The van der Waals surface area contributed by atoms with Gasteiger partial charge in [0.25, 0.3) is 0 Å². The zero-order valence-electron chi connectivity index (χ0n) is 33.2. The summed E-state index contributed by atoms with van der Waals surface area (Å²) in [4.78, 5) is 51.2. The standard InChI is InChI=1S/C47H54N6O6/c48-44(56)38(40-29-52(31-51-40)47(35-17-7-2-8-18-35,36-19-9-3-10-20-36)37-21-11-4-12-22-37)28-53(46(58)59-30-39(45(49)57)34-16-13-25-50-27-34)41(26-32-14-5-1-6-15-32)43(55)42(54)33-23-24-33/h2-4,7-13,16-22,25,27,29,31-33,38-39,41-43,54-55H,1,5-6,14-15,23-24,26,28,30H2,(H2,48,56)(H2,49,57)/t38?,39?,41-,42-,43+/m0/s1. The number of ether oxygens (including phenoxy) is 1. The molecule has 0 spiro atoms. The summed E-state index contributed by atoms with van der Waals surface area (Å²) in [6, 6.07) is 32.5. The Balaban J connectivity index is 1.30. The van der Waals surface area contributed by atoms with Crippen molar-refractivity contribution >= 4 is 17.9 Å². The van der Waals surface area contributed by atoms with E-state index in [4.69, 9.17) is 21.2 Å². The van der Waals surface area contributed by atoms with Crippen LogP contribution in [0.3, 0.4) is 0 Å². The molecule has 5 atom stereocenters. The van der Waals surface area contributed by atoms with Crippen molar-refractivity contribution in [1.82, 2.24) is 19.4 Å².